The van der Waals surface area contributed by atoms with Gasteiger partial charge in [0.1, 0.15) is 5.82 Å². The Morgan fingerprint density at radius 3 is 2.72 bits per heavy atom. The van der Waals surface area contributed by atoms with Crippen molar-refractivity contribution in [1.82, 2.24) is 10.3 Å². The molecule has 8 heteroatoms. The highest BCUT2D eigenvalue weighted by atomic mass is 16.6. The van der Waals surface area contributed by atoms with Gasteiger partial charge in [-0.2, -0.15) is 0 Å². The van der Waals surface area contributed by atoms with Crippen LogP contribution < -0.4 is 15.1 Å². The average Bonchev–Trinajstić information content (AvgIpc) is 2.84. The second-order valence-electron chi connectivity index (χ2n) is 9.12. The van der Waals surface area contributed by atoms with Crippen molar-refractivity contribution in [1.29, 1.82) is 0 Å². The lowest BCUT2D eigenvalue weighted by Crippen LogP contribution is -2.62. The molecule has 2 fully saturated rings. The number of pyridine rings is 1. The first kappa shape index (κ1) is 20.7. The van der Waals surface area contributed by atoms with Crippen molar-refractivity contribution in [2.45, 2.75) is 50.6 Å². The summed E-state index contributed by atoms with van der Waals surface area (Å²) < 4.78 is 0. The van der Waals surface area contributed by atoms with Crippen LogP contribution in [0, 0.1) is 16.0 Å². The third kappa shape index (κ3) is 4.01. The first-order chi connectivity index (χ1) is 15.6. The van der Waals surface area contributed by atoms with Crippen LogP contribution in [0.3, 0.4) is 0 Å². The highest BCUT2D eigenvalue weighted by Crippen LogP contribution is 2.38. The van der Waals surface area contributed by atoms with Gasteiger partial charge in [0, 0.05) is 49.7 Å². The van der Waals surface area contributed by atoms with E-state index >= 15 is 0 Å². The zero-order chi connectivity index (χ0) is 22.1. The molecule has 1 aromatic heterocycles. The fourth-order valence-electron chi connectivity index (χ4n) is 5.53. The smallest absolute Gasteiger partial charge is 0.269 e. The molecule has 2 atom stereocenters. The number of non-ortho nitro benzene ring substituents is 1. The van der Waals surface area contributed by atoms with Crippen molar-refractivity contribution >= 4 is 23.1 Å². The van der Waals surface area contributed by atoms with Gasteiger partial charge in [-0.3, -0.25) is 14.9 Å². The molecule has 1 amide bonds. The molecule has 0 unspecified atom stereocenters. The first-order valence-corrected chi connectivity index (χ1v) is 11.6. The molecule has 3 aliphatic rings. The molecular weight excluding hydrogens is 406 g/mol. The van der Waals surface area contributed by atoms with E-state index in [9.17, 15) is 14.9 Å². The van der Waals surface area contributed by atoms with Crippen LogP contribution in [0.4, 0.5) is 17.2 Å². The quantitative estimate of drug-likeness (QED) is 0.585. The van der Waals surface area contributed by atoms with E-state index in [1.54, 1.807) is 18.3 Å². The molecule has 5 rings (SSSR count). The number of nitrogens with one attached hydrogen (secondary N) is 1. The van der Waals surface area contributed by atoms with Gasteiger partial charge >= 0.3 is 0 Å². The van der Waals surface area contributed by atoms with Crippen LogP contribution in [0.2, 0.25) is 0 Å². The highest BCUT2D eigenvalue weighted by Gasteiger charge is 2.42. The molecule has 3 heterocycles. The van der Waals surface area contributed by atoms with Crippen molar-refractivity contribution in [2.75, 3.05) is 29.4 Å². The zero-order valence-corrected chi connectivity index (χ0v) is 18.2. The number of nitro benzene ring substituents is 1. The van der Waals surface area contributed by atoms with Gasteiger partial charge in [0.05, 0.1) is 16.9 Å². The van der Waals surface area contributed by atoms with E-state index < -0.39 is 0 Å². The lowest BCUT2D eigenvalue weighted by atomic mass is 9.82. The van der Waals surface area contributed by atoms with Gasteiger partial charge in [0.2, 0.25) is 5.91 Å². The molecule has 8 nitrogen and oxygen atoms in total. The number of benzene rings is 1. The fraction of sp³-hybridized carbons (Fsp3) is 0.500. The number of hydrogen-bond donors (Lipinski definition) is 1. The van der Waals surface area contributed by atoms with Crippen LogP contribution in [0.15, 0.2) is 42.6 Å². The Hall–Kier alpha value is -3.16. The predicted molar refractivity (Wildman–Crippen MR) is 123 cm³/mol. The van der Waals surface area contributed by atoms with E-state index in [0.29, 0.717) is 13.0 Å². The Bertz CT molecular complexity index is 992. The molecule has 0 radical (unpaired) electrons. The summed E-state index contributed by atoms with van der Waals surface area (Å²) in [6.07, 6.45) is 7.95. The second kappa shape index (κ2) is 8.76. The molecule has 1 aromatic carbocycles. The number of aromatic nitrogens is 1. The van der Waals surface area contributed by atoms with Crippen molar-refractivity contribution in [3.05, 3.63) is 58.3 Å². The molecule has 2 aromatic rings. The number of carbonyl (C=O) groups is 1. The average molecular weight is 436 g/mol. The largest absolute Gasteiger partial charge is 0.364 e. The molecule has 168 valence electrons. The number of rotatable bonds is 4. The Balaban J connectivity index is 1.44. The monoisotopic (exact) mass is 435 g/mol. The van der Waals surface area contributed by atoms with Gasteiger partial charge in [-0.25, -0.2) is 4.98 Å². The lowest BCUT2D eigenvalue weighted by molar-refractivity contribution is -0.384. The summed E-state index contributed by atoms with van der Waals surface area (Å²) in [6.45, 7) is 2.25. The molecule has 1 N–H and O–H groups in total. The number of nitrogens with zero attached hydrogens (tertiary/aromatic N) is 4. The summed E-state index contributed by atoms with van der Waals surface area (Å²) in [5.41, 5.74) is 1.99. The molecule has 2 aliphatic heterocycles. The van der Waals surface area contributed by atoms with Crippen LogP contribution in [0.5, 0.6) is 0 Å². The summed E-state index contributed by atoms with van der Waals surface area (Å²) in [5.74, 6) is 0.748. The van der Waals surface area contributed by atoms with Gasteiger partial charge in [-0.05, 0) is 43.0 Å². The maximum atomic E-state index is 13.5. The van der Waals surface area contributed by atoms with E-state index in [0.717, 1.165) is 55.8 Å². The van der Waals surface area contributed by atoms with Gasteiger partial charge in [-0.15, -0.1) is 0 Å². The van der Waals surface area contributed by atoms with Crippen LogP contribution in [-0.4, -0.2) is 47.5 Å². The number of anilines is 2. The number of fused-ring (bicyclic) bond motifs is 3. The normalized spacial score (nSPS) is 23.2. The minimum absolute atomic E-state index is 0.00306. The number of amides is 1. The van der Waals surface area contributed by atoms with Crippen molar-refractivity contribution in [3.8, 4) is 0 Å². The van der Waals surface area contributed by atoms with Gasteiger partial charge in [-0.1, -0.05) is 25.3 Å². The van der Waals surface area contributed by atoms with Gasteiger partial charge < -0.3 is 15.1 Å². The number of piperazine rings is 1. The van der Waals surface area contributed by atoms with Crippen molar-refractivity contribution < 1.29 is 9.72 Å². The molecule has 1 saturated heterocycles. The van der Waals surface area contributed by atoms with E-state index in [1.807, 2.05) is 24.3 Å². The van der Waals surface area contributed by atoms with Crippen LogP contribution in [0.25, 0.3) is 0 Å². The standard InChI is InChI=1S/C24H29N5O3/c30-24(26-18-6-2-1-3-7-18)20-15-17-14-19(29(31)32)9-10-21(17)28-13-12-27(16-22(20)28)23-8-4-5-11-25-23/h4-5,8-11,14,18,20,22H,1-3,6-7,12-13,15-16H2,(H,26,30)/t20-,22-/m0/s1. The molecule has 0 spiro atoms. The predicted octanol–water partition coefficient (Wildman–Crippen LogP) is 3.31. The molecular formula is C24H29N5O3. The SMILES string of the molecule is O=C(NC1CCCCC1)[C@H]1Cc2cc([N+](=O)[O-])ccc2N2CCN(c3ccccn3)C[C@@H]12. The Labute approximate surface area is 187 Å². The molecule has 0 bridgehead atoms. The van der Waals surface area contributed by atoms with Crippen molar-refractivity contribution in [3.63, 3.8) is 0 Å². The lowest BCUT2D eigenvalue weighted by Gasteiger charge is -2.49. The van der Waals surface area contributed by atoms with Crippen LogP contribution >= 0.6 is 0 Å². The molecule has 1 aliphatic carbocycles. The van der Waals surface area contributed by atoms with E-state index in [-0.39, 0.29) is 34.5 Å². The molecule has 1 saturated carbocycles. The second-order valence-corrected chi connectivity index (χ2v) is 9.12. The summed E-state index contributed by atoms with van der Waals surface area (Å²) in [5, 5.41) is 14.7. The van der Waals surface area contributed by atoms with Crippen molar-refractivity contribution in [2.24, 2.45) is 5.92 Å². The van der Waals surface area contributed by atoms with E-state index in [1.165, 1.54) is 6.42 Å². The summed E-state index contributed by atoms with van der Waals surface area (Å²) >= 11 is 0. The third-order valence-electron chi connectivity index (χ3n) is 7.17. The number of nitro groups is 1. The summed E-state index contributed by atoms with van der Waals surface area (Å²) in [7, 11) is 0. The van der Waals surface area contributed by atoms with Crippen LogP contribution in [0.1, 0.15) is 37.7 Å². The number of hydrogen-bond acceptors (Lipinski definition) is 6. The fourth-order valence-corrected chi connectivity index (χ4v) is 5.53. The Kier molecular flexibility index (Phi) is 5.68. The summed E-state index contributed by atoms with van der Waals surface area (Å²) in [4.78, 5) is 33.5. The van der Waals surface area contributed by atoms with E-state index in [2.05, 4.69) is 20.1 Å². The summed E-state index contributed by atoms with van der Waals surface area (Å²) in [6, 6.07) is 11.2. The van der Waals surface area contributed by atoms with E-state index in [4.69, 9.17) is 0 Å². The maximum Gasteiger partial charge on any atom is 0.269 e. The number of carbonyl (C=O) groups excluding carboxylic acids is 1. The minimum Gasteiger partial charge on any atom is -0.364 e. The van der Waals surface area contributed by atoms with Crippen LogP contribution in [-0.2, 0) is 11.2 Å². The van der Waals surface area contributed by atoms with Gasteiger partial charge in [0.15, 0.2) is 0 Å². The van der Waals surface area contributed by atoms with Gasteiger partial charge in [0.25, 0.3) is 5.69 Å². The topological polar surface area (TPSA) is 91.6 Å². The minimum atomic E-state index is -0.359. The maximum absolute atomic E-state index is 13.5. The Morgan fingerprint density at radius 2 is 1.97 bits per heavy atom. The first-order valence-electron chi connectivity index (χ1n) is 11.6. The molecule has 32 heavy (non-hydrogen) atoms. The zero-order valence-electron chi connectivity index (χ0n) is 18.2. The third-order valence-corrected chi connectivity index (χ3v) is 7.17. The highest BCUT2D eigenvalue weighted by molar-refractivity contribution is 5.83. The Morgan fingerprint density at radius 1 is 1.12 bits per heavy atom.